The van der Waals surface area contributed by atoms with Gasteiger partial charge < -0.3 is 10.6 Å². The molecule has 0 radical (unpaired) electrons. The molecular formula is C18H26N2O2. The van der Waals surface area contributed by atoms with E-state index in [4.69, 9.17) is 0 Å². The van der Waals surface area contributed by atoms with Crippen LogP contribution < -0.4 is 10.6 Å². The molecule has 22 heavy (non-hydrogen) atoms. The molecule has 0 bridgehead atoms. The molecule has 1 aromatic rings. The SMILES string of the molecule is Cc1cc(C)c(NC(=O)C(=O)NC2CCCCCC2)c(C)c1. The summed E-state index contributed by atoms with van der Waals surface area (Å²) in [5.74, 6) is -1.09. The number of carbonyl (C=O) groups is 2. The summed E-state index contributed by atoms with van der Waals surface area (Å²) in [7, 11) is 0. The third-order valence-electron chi connectivity index (χ3n) is 4.31. The van der Waals surface area contributed by atoms with E-state index in [1.54, 1.807) is 0 Å². The van der Waals surface area contributed by atoms with Crippen molar-refractivity contribution in [1.82, 2.24) is 5.32 Å². The molecule has 4 nitrogen and oxygen atoms in total. The van der Waals surface area contributed by atoms with E-state index in [-0.39, 0.29) is 6.04 Å². The lowest BCUT2D eigenvalue weighted by molar-refractivity contribution is -0.136. The van der Waals surface area contributed by atoms with Crippen LogP contribution in [0.4, 0.5) is 5.69 Å². The first-order valence-corrected chi connectivity index (χ1v) is 8.17. The molecule has 0 atom stereocenters. The van der Waals surface area contributed by atoms with Gasteiger partial charge in [0.05, 0.1) is 0 Å². The van der Waals surface area contributed by atoms with Crippen molar-refractivity contribution < 1.29 is 9.59 Å². The number of benzene rings is 1. The monoisotopic (exact) mass is 302 g/mol. The van der Waals surface area contributed by atoms with Crippen LogP contribution in [0.1, 0.15) is 55.2 Å². The highest BCUT2D eigenvalue weighted by atomic mass is 16.2. The van der Waals surface area contributed by atoms with Gasteiger partial charge in [0.25, 0.3) is 0 Å². The normalized spacial score (nSPS) is 16.0. The van der Waals surface area contributed by atoms with E-state index in [1.807, 2.05) is 32.9 Å². The number of amides is 2. The highest BCUT2D eigenvalue weighted by Gasteiger charge is 2.20. The Morgan fingerprint density at radius 2 is 1.45 bits per heavy atom. The van der Waals surface area contributed by atoms with E-state index < -0.39 is 11.8 Å². The van der Waals surface area contributed by atoms with Crippen LogP contribution in [-0.4, -0.2) is 17.9 Å². The molecule has 0 saturated heterocycles. The molecule has 120 valence electrons. The van der Waals surface area contributed by atoms with Crippen LogP contribution in [0.5, 0.6) is 0 Å². The van der Waals surface area contributed by atoms with Gasteiger partial charge in [-0.2, -0.15) is 0 Å². The van der Waals surface area contributed by atoms with E-state index in [9.17, 15) is 9.59 Å². The highest BCUT2D eigenvalue weighted by Crippen LogP contribution is 2.22. The van der Waals surface area contributed by atoms with Crippen molar-refractivity contribution in [2.75, 3.05) is 5.32 Å². The largest absolute Gasteiger partial charge is 0.345 e. The van der Waals surface area contributed by atoms with Gasteiger partial charge in [-0.1, -0.05) is 43.4 Å². The Morgan fingerprint density at radius 1 is 0.909 bits per heavy atom. The van der Waals surface area contributed by atoms with Crippen LogP contribution in [0.15, 0.2) is 12.1 Å². The third kappa shape index (κ3) is 4.33. The number of carbonyl (C=O) groups excluding carboxylic acids is 2. The number of anilines is 1. The van der Waals surface area contributed by atoms with Crippen molar-refractivity contribution in [3.8, 4) is 0 Å². The van der Waals surface area contributed by atoms with Crippen molar-refractivity contribution in [2.24, 2.45) is 0 Å². The van der Waals surface area contributed by atoms with Gasteiger partial charge in [-0.3, -0.25) is 9.59 Å². The summed E-state index contributed by atoms with van der Waals surface area (Å²) < 4.78 is 0. The maximum absolute atomic E-state index is 12.1. The Balaban J connectivity index is 1.98. The summed E-state index contributed by atoms with van der Waals surface area (Å²) in [6.07, 6.45) is 6.65. The average Bonchev–Trinajstić information content (AvgIpc) is 2.71. The molecule has 1 aromatic carbocycles. The maximum Gasteiger partial charge on any atom is 0.313 e. The second kappa shape index (κ2) is 7.43. The molecule has 0 spiro atoms. The summed E-state index contributed by atoms with van der Waals surface area (Å²) in [5.41, 5.74) is 3.85. The fourth-order valence-electron chi connectivity index (χ4n) is 3.22. The van der Waals surface area contributed by atoms with Crippen LogP contribution in [0.25, 0.3) is 0 Å². The number of aryl methyl sites for hydroxylation is 3. The fourth-order valence-corrected chi connectivity index (χ4v) is 3.22. The fraction of sp³-hybridized carbons (Fsp3) is 0.556. The van der Waals surface area contributed by atoms with Crippen LogP contribution in [-0.2, 0) is 9.59 Å². The molecule has 2 rings (SSSR count). The van der Waals surface area contributed by atoms with Crippen LogP contribution in [0.3, 0.4) is 0 Å². The van der Waals surface area contributed by atoms with E-state index in [2.05, 4.69) is 10.6 Å². The van der Waals surface area contributed by atoms with E-state index >= 15 is 0 Å². The first-order valence-electron chi connectivity index (χ1n) is 8.17. The zero-order valence-corrected chi connectivity index (χ0v) is 13.8. The molecular weight excluding hydrogens is 276 g/mol. The lowest BCUT2D eigenvalue weighted by Gasteiger charge is -2.17. The quantitative estimate of drug-likeness (QED) is 0.650. The van der Waals surface area contributed by atoms with Crippen molar-refractivity contribution in [2.45, 2.75) is 65.3 Å². The van der Waals surface area contributed by atoms with Gasteiger partial charge in [0.2, 0.25) is 0 Å². The number of hydrogen-bond donors (Lipinski definition) is 2. The standard InChI is InChI=1S/C18H26N2O2/c1-12-10-13(2)16(14(3)11-12)20-18(22)17(21)19-15-8-6-4-5-7-9-15/h10-11,15H,4-9H2,1-3H3,(H,19,21)(H,20,22). The molecule has 4 heteroatoms. The summed E-state index contributed by atoms with van der Waals surface area (Å²) in [6.45, 7) is 5.90. The Labute approximate surface area is 132 Å². The molecule has 0 unspecified atom stereocenters. The van der Waals surface area contributed by atoms with Gasteiger partial charge in [-0.05, 0) is 44.7 Å². The van der Waals surface area contributed by atoms with E-state index in [0.717, 1.165) is 48.1 Å². The Morgan fingerprint density at radius 3 is 2.00 bits per heavy atom. The van der Waals surface area contributed by atoms with Gasteiger partial charge in [-0.15, -0.1) is 0 Å². The van der Waals surface area contributed by atoms with Crippen molar-refractivity contribution in [3.63, 3.8) is 0 Å². The third-order valence-corrected chi connectivity index (χ3v) is 4.31. The Hall–Kier alpha value is -1.84. The summed E-state index contributed by atoms with van der Waals surface area (Å²) in [6, 6.07) is 4.15. The average molecular weight is 302 g/mol. The topological polar surface area (TPSA) is 58.2 Å². The summed E-state index contributed by atoms with van der Waals surface area (Å²) in [4.78, 5) is 24.2. The van der Waals surface area contributed by atoms with Gasteiger partial charge >= 0.3 is 11.8 Å². The molecule has 1 fully saturated rings. The second-order valence-electron chi connectivity index (χ2n) is 6.39. The van der Waals surface area contributed by atoms with Gasteiger partial charge in [0.1, 0.15) is 0 Å². The minimum Gasteiger partial charge on any atom is -0.345 e. The summed E-state index contributed by atoms with van der Waals surface area (Å²) in [5, 5.41) is 5.64. The molecule has 2 amide bonds. The number of hydrogen-bond acceptors (Lipinski definition) is 2. The lowest BCUT2D eigenvalue weighted by atomic mass is 10.1. The molecule has 0 aromatic heterocycles. The highest BCUT2D eigenvalue weighted by molar-refractivity contribution is 6.39. The predicted molar refractivity (Wildman–Crippen MR) is 88.9 cm³/mol. The van der Waals surface area contributed by atoms with Crippen molar-refractivity contribution >= 4 is 17.5 Å². The summed E-state index contributed by atoms with van der Waals surface area (Å²) >= 11 is 0. The molecule has 1 aliphatic rings. The van der Waals surface area contributed by atoms with Crippen LogP contribution >= 0.6 is 0 Å². The minimum atomic E-state index is -0.570. The van der Waals surface area contributed by atoms with Gasteiger partial charge in [0.15, 0.2) is 0 Å². The minimum absolute atomic E-state index is 0.140. The Bertz CT molecular complexity index is 535. The second-order valence-corrected chi connectivity index (χ2v) is 6.39. The van der Waals surface area contributed by atoms with Crippen molar-refractivity contribution in [1.29, 1.82) is 0 Å². The first kappa shape index (κ1) is 16.5. The van der Waals surface area contributed by atoms with E-state index in [1.165, 1.54) is 12.8 Å². The molecule has 0 heterocycles. The lowest BCUT2D eigenvalue weighted by Crippen LogP contribution is -2.41. The van der Waals surface area contributed by atoms with Gasteiger partial charge in [-0.25, -0.2) is 0 Å². The number of nitrogens with one attached hydrogen (secondary N) is 2. The van der Waals surface area contributed by atoms with Crippen LogP contribution in [0.2, 0.25) is 0 Å². The van der Waals surface area contributed by atoms with Crippen LogP contribution in [0, 0.1) is 20.8 Å². The molecule has 0 aliphatic heterocycles. The predicted octanol–water partition coefficient (Wildman–Crippen LogP) is 3.39. The Kier molecular flexibility index (Phi) is 5.58. The van der Waals surface area contributed by atoms with Crippen molar-refractivity contribution in [3.05, 3.63) is 28.8 Å². The molecule has 2 N–H and O–H groups in total. The molecule has 1 saturated carbocycles. The van der Waals surface area contributed by atoms with E-state index in [0.29, 0.717) is 0 Å². The van der Waals surface area contributed by atoms with Gasteiger partial charge in [0, 0.05) is 11.7 Å². The number of rotatable bonds is 2. The first-order chi connectivity index (χ1) is 10.5. The zero-order valence-electron chi connectivity index (χ0n) is 13.8. The zero-order chi connectivity index (χ0) is 16.1. The molecule has 1 aliphatic carbocycles. The smallest absolute Gasteiger partial charge is 0.313 e. The maximum atomic E-state index is 12.1.